The molecule has 1 atom stereocenters. The van der Waals surface area contributed by atoms with Crippen molar-refractivity contribution in [3.05, 3.63) is 59.7 Å². The molecule has 3 nitrogen and oxygen atoms in total. The monoisotopic (exact) mass is 307 g/mol. The van der Waals surface area contributed by atoms with E-state index in [9.17, 15) is 5.11 Å². The average Bonchev–Trinajstić information content (AvgIpc) is 2.46. The second kappa shape index (κ2) is 8.55. The van der Waals surface area contributed by atoms with Crippen LogP contribution in [0.5, 0.6) is 11.5 Å². The van der Waals surface area contributed by atoms with Gasteiger partial charge in [-0.25, -0.2) is 0 Å². The maximum atomic E-state index is 9.46. The van der Waals surface area contributed by atoms with Gasteiger partial charge in [0, 0.05) is 6.42 Å². The molecule has 2 N–H and O–H groups in total. The van der Waals surface area contributed by atoms with Gasteiger partial charge in [0.05, 0.1) is 0 Å². The van der Waals surface area contributed by atoms with Crippen molar-refractivity contribution in [2.45, 2.75) is 19.4 Å². The van der Waals surface area contributed by atoms with Crippen LogP contribution in [0.1, 0.15) is 23.7 Å². The first kappa shape index (κ1) is 17.3. The minimum atomic E-state index is 0. The molecule has 114 valence electrons. The Kier molecular flexibility index (Phi) is 7.06. The van der Waals surface area contributed by atoms with Crippen LogP contribution in [0.3, 0.4) is 0 Å². The third-order valence-electron chi connectivity index (χ3n) is 3.26. The largest absolute Gasteiger partial charge is 0.508 e. The molecule has 0 aliphatic heterocycles. The number of hydrogen-bond acceptors (Lipinski definition) is 3. The molecule has 0 aromatic heterocycles. The van der Waals surface area contributed by atoms with Gasteiger partial charge in [-0.05, 0) is 49.8 Å². The molecule has 2 rings (SSSR count). The predicted molar refractivity (Wildman–Crippen MR) is 88.4 cm³/mol. The molecular formula is C17H22ClNO2. The predicted octanol–water partition coefficient (Wildman–Crippen LogP) is 3.85. The van der Waals surface area contributed by atoms with Crippen LogP contribution < -0.4 is 10.1 Å². The first-order valence-corrected chi connectivity index (χ1v) is 6.86. The lowest BCUT2D eigenvalue weighted by atomic mass is 10.1. The molecule has 0 saturated carbocycles. The molecule has 2 aromatic rings. The molecule has 4 heteroatoms. The summed E-state index contributed by atoms with van der Waals surface area (Å²) in [4.78, 5) is 0. The van der Waals surface area contributed by atoms with Gasteiger partial charge in [0.15, 0.2) is 0 Å². The molecule has 0 unspecified atom stereocenters. The van der Waals surface area contributed by atoms with E-state index in [0.29, 0.717) is 0 Å². The highest BCUT2D eigenvalue weighted by atomic mass is 35.5. The van der Waals surface area contributed by atoms with Crippen LogP contribution in [-0.4, -0.2) is 18.7 Å². The van der Waals surface area contributed by atoms with Crippen molar-refractivity contribution < 1.29 is 9.84 Å². The van der Waals surface area contributed by atoms with Crippen molar-refractivity contribution in [1.29, 1.82) is 0 Å². The zero-order valence-electron chi connectivity index (χ0n) is 12.4. The van der Waals surface area contributed by atoms with Gasteiger partial charge in [0.2, 0.25) is 0 Å². The molecule has 21 heavy (non-hydrogen) atoms. The maximum Gasteiger partial charge on any atom is 0.125 e. The highest BCUT2D eigenvalue weighted by Crippen LogP contribution is 2.29. The number of nitrogens with one attached hydrogen (secondary N) is 1. The van der Waals surface area contributed by atoms with E-state index in [0.717, 1.165) is 29.8 Å². The molecule has 2 aromatic carbocycles. The summed E-state index contributed by atoms with van der Waals surface area (Å²) in [6.45, 7) is 2.83. The Morgan fingerprint density at radius 3 is 2.48 bits per heavy atom. The summed E-state index contributed by atoms with van der Waals surface area (Å²) in [7, 11) is 1.94. The number of ether oxygens (including phenoxy) is 1. The minimum absolute atomic E-state index is 0. The quantitative estimate of drug-likeness (QED) is 0.851. The number of aryl methyl sites for hydroxylation is 1. The van der Waals surface area contributed by atoms with Gasteiger partial charge in [-0.1, -0.05) is 30.3 Å². The highest BCUT2D eigenvalue weighted by Gasteiger charge is 2.14. The third kappa shape index (κ3) is 4.96. The van der Waals surface area contributed by atoms with Crippen LogP contribution in [0.15, 0.2) is 48.5 Å². The summed E-state index contributed by atoms with van der Waals surface area (Å²) >= 11 is 0. The van der Waals surface area contributed by atoms with Crippen LogP contribution in [0.4, 0.5) is 0 Å². The van der Waals surface area contributed by atoms with Crippen molar-refractivity contribution in [3.63, 3.8) is 0 Å². The Labute approximate surface area is 132 Å². The van der Waals surface area contributed by atoms with Gasteiger partial charge in [-0.2, -0.15) is 0 Å². The van der Waals surface area contributed by atoms with Crippen molar-refractivity contribution in [2.24, 2.45) is 0 Å². The fraction of sp³-hybridized carbons (Fsp3) is 0.294. The molecule has 0 amide bonds. The van der Waals surface area contributed by atoms with Gasteiger partial charge in [-0.15, -0.1) is 12.4 Å². The molecule has 0 spiro atoms. The fourth-order valence-electron chi connectivity index (χ4n) is 2.16. The van der Waals surface area contributed by atoms with E-state index in [1.165, 1.54) is 0 Å². The first-order chi connectivity index (χ1) is 9.70. The molecule has 0 aliphatic carbocycles. The van der Waals surface area contributed by atoms with Gasteiger partial charge < -0.3 is 15.2 Å². The van der Waals surface area contributed by atoms with Crippen molar-refractivity contribution in [1.82, 2.24) is 5.32 Å². The average molecular weight is 308 g/mol. The number of benzene rings is 2. The molecule has 0 saturated heterocycles. The molecular weight excluding hydrogens is 286 g/mol. The number of phenols is 1. The van der Waals surface area contributed by atoms with Crippen molar-refractivity contribution in [2.75, 3.05) is 13.6 Å². The lowest BCUT2D eigenvalue weighted by Gasteiger charge is -2.21. The summed E-state index contributed by atoms with van der Waals surface area (Å²) in [5.41, 5.74) is 2.10. The number of hydrogen-bond donors (Lipinski definition) is 2. The SMILES string of the molecule is CNCC[C@@H](Oc1ccc(O)cc1C)c1ccccc1.Cl. The van der Waals surface area contributed by atoms with Crippen LogP contribution >= 0.6 is 12.4 Å². The summed E-state index contributed by atoms with van der Waals surface area (Å²) in [5, 5.41) is 12.6. The summed E-state index contributed by atoms with van der Waals surface area (Å²) in [6.07, 6.45) is 0.896. The van der Waals surface area contributed by atoms with E-state index in [2.05, 4.69) is 17.4 Å². The Bertz CT molecular complexity index is 546. The normalized spacial score (nSPS) is 11.5. The number of halogens is 1. The standard InChI is InChI=1S/C17H21NO2.ClH/c1-13-12-15(19)8-9-16(13)20-17(10-11-18-2)14-6-4-3-5-7-14;/h3-9,12,17-19H,10-11H2,1-2H3;1H/t17-;/m1./s1. The van der Waals surface area contributed by atoms with Gasteiger partial charge >= 0.3 is 0 Å². The zero-order valence-corrected chi connectivity index (χ0v) is 13.2. The first-order valence-electron chi connectivity index (χ1n) is 6.86. The van der Waals surface area contributed by atoms with E-state index in [-0.39, 0.29) is 24.3 Å². The van der Waals surface area contributed by atoms with Crippen LogP contribution in [0, 0.1) is 6.92 Å². The van der Waals surface area contributed by atoms with Crippen LogP contribution in [0.2, 0.25) is 0 Å². The smallest absolute Gasteiger partial charge is 0.125 e. The van der Waals surface area contributed by atoms with Crippen LogP contribution in [0.25, 0.3) is 0 Å². The van der Waals surface area contributed by atoms with E-state index >= 15 is 0 Å². The molecule has 0 aliphatic rings. The summed E-state index contributed by atoms with van der Waals surface area (Å²) in [6, 6.07) is 15.4. The Hall–Kier alpha value is -1.71. The van der Waals surface area contributed by atoms with Gasteiger partial charge in [0.1, 0.15) is 17.6 Å². The van der Waals surface area contributed by atoms with Crippen LogP contribution in [-0.2, 0) is 0 Å². The van der Waals surface area contributed by atoms with E-state index in [1.54, 1.807) is 12.1 Å². The Morgan fingerprint density at radius 2 is 1.86 bits per heavy atom. The molecule has 0 heterocycles. The van der Waals surface area contributed by atoms with E-state index < -0.39 is 0 Å². The lowest BCUT2D eigenvalue weighted by molar-refractivity contribution is 0.193. The number of phenolic OH excluding ortho intramolecular Hbond substituents is 1. The summed E-state index contributed by atoms with van der Waals surface area (Å²) in [5.74, 6) is 1.08. The fourth-order valence-corrected chi connectivity index (χ4v) is 2.16. The lowest BCUT2D eigenvalue weighted by Crippen LogP contribution is -2.16. The maximum absolute atomic E-state index is 9.46. The Morgan fingerprint density at radius 1 is 1.14 bits per heavy atom. The molecule has 0 radical (unpaired) electrons. The van der Waals surface area contributed by atoms with Gasteiger partial charge in [0.25, 0.3) is 0 Å². The minimum Gasteiger partial charge on any atom is -0.508 e. The molecule has 0 bridgehead atoms. The third-order valence-corrected chi connectivity index (χ3v) is 3.26. The highest BCUT2D eigenvalue weighted by molar-refractivity contribution is 5.85. The summed E-state index contributed by atoms with van der Waals surface area (Å²) < 4.78 is 6.14. The second-order valence-electron chi connectivity index (χ2n) is 4.86. The second-order valence-corrected chi connectivity index (χ2v) is 4.86. The molecule has 0 fully saturated rings. The van der Waals surface area contributed by atoms with E-state index in [4.69, 9.17) is 4.74 Å². The van der Waals surface area contributed by atoms with E-state index in [1.807, 2.05) is 38.2 Å². The van der Waals surface area contributed by atoms with Gasteiger partial charge in [-0.3, -0.25) is 0 Å². The van der Waals surface area contributed by atoms with Crippen molar-refractivity contribution >= 4 is 12.4 Å². The number of aromatic hydroxyl groups is 1. The van der Waals surface area contributed by atoms with Crippen molar-refractivity contribution in [3.8, 4) is 11.5 Å². The topological polar surface area (TPSA) is 41.5 Å². The number of rotatable bonds is 6. The zero-order chi connectivity index (χ0) is 14.4. The Balaban J connectivity index is 0.00000220.